The van der Waals surface area contributed by atoms with Gasteiger partial charge in [0.25, 0.3) is 0 Å². The van der Waals surface area contributed by atoms with E-state index in [4.69, 9.17) is 11.6 Å². The minimum atomic E-state index is -0.142. The first-order valence-electron chi connectivity index (χ1n) is 10.2. The number of carbonyl (C=O) groups is 1. The maximum Gasteiger partial charge on any atom is 0.194 e. The summed E-state index contributed by atoms with van der Waals surface area (Å²) in [6.07, 6.45) is 0. The molecule has 6 rings (SSSR count). The van der Waals surface area contributed by atoms with Crippen molar-refractivity contribution in [1.29, 1.82) is 0 Å². The molecule has 4 aromatic carbocycles. The fourth-order valence-electron chi connectivity index (χ4n) is 5.19. The highest BCUT2D eigenvalue weighted by atomic mass is 35.5. The first kappa shape index (κ1) is 17.7. The second kappa shape index (κ2) is 5.93. The molecule has 0 atom stereocenters. The van der Waals surface area contributed by atoms with Gasteiger partial charge in [0.1, 0.15) is 0 Å². The summed E-state index contributed by atoms with van der Waals surface area (Å²) in [7, 11) is 0. The van der Waals surface area contributed by atoms with Crippen LogP contribution in [0.5, 0.6) is 0 Å². The summed E-state index contributed by atoms with van der Waals surface area (Å²) in [5.41, 5.74) is 10.6. The van der Waals surface area contributed by atoms with E-state index in [1.165, 1.54) is 22.3 Å². The fraction of sp³-hybridized carbons (Fsp3) is 0.107. The maximum atomic E-state index is 13.2. The number of halogens is 1. The zero-order chi connectivity index (χ0) is 20.6. The number of benzene rings is 4. The summed E-state index contributed by atoms with van der Waals surface area (Å²) in [4.78, 5) is 13.2. The maximum absolute atomic E-state index is 13.2. The molecule has 144 valence electrons. The molecule has 0 radical (unpaired) electrons. The van der Waals surface area contributed by atoms with Crippen molar-refractivity contribution >= 4 is 17.4 Å². The monoisotopic (exact) mass is 406 g/mol. The molecule has 0 unspecified atom stereocenters. The van der Waals surface area contributed by atoms with E-state index in [0.717, 1.165) is 38.4 Å². The third-order valence-corrected chi connectivity index (χ3v) is 6.94. The third kappa shape index (κ3) is 2.21. The van der Waals surface area contributed by atoms with E-state index in [2.05, 4.69) is 62.4 Å². The molecule has 0 heterocycles. The van der Waals surface area contributed by atoms with Gasteiger partial charge in [0.2, 0.25) is 0 Å². The van der Waals surface area contributed by atoms with E-state index < -0.39 is 0 Å². The average Bonchev–Trinajstić information content (AvgIpc) is 3.17. The van der Waals surface area contributed by atoms with Crippen LogP contribution in [0, 0.1) is 0 Å². The number of hydrogen-bond acceptors (Lipinski definition) is 1. The Morgan fingerprint density at radius 2 is 1.27 bits per heavy atom. The van der Waals surface area contributed by atoms with E-state index in [-0.39, 0.29) is 11.2 Å². The van der Waals surface area contributed by atoms with Gasteiger partial charge in [-0.3, -0.25) is 4.79 Å². The number of carbonyl (C=O) groups excluding carboxylic acids is 1. The Balaban J connectivity index is 1.56. The van der Waals surface area contributed by atoms with Crippen molar-refractivity contribution in [3.63, 3.8) is 0 Å². The molecule has 0 bridgehead atoms. The highest BCUT2D eigenvalue weighted by molar-refractivity contribution is 6.30. The van der Waals surface area contributed by atoms with Crippen molar-refractivity contribution in [3.8, 4) is 33.4 Å². The van der Waals surface area contributed by atoms with Crippen molar-refractivity contribution < 1.29 is 4.79 Å². The SMILES string of the molecule is CC1(C)c2cc(Cl)ccc2-c2ccc(-c3cccc4c3C(=O)c3ccccc3-4)cc21. The summed E-state index contributed by atoms with van der Waals surface area (Å²) >= 11 is 6.31. The minimum Gasteiger partial charge on any atom is -0.289 e. The van der Waals surface area contributed by atoms with Gasteiger partial charge in [0, 0.05) is 21.6 Å². The van der Waals surface area contributed by atoms with Crippen LogP contribution in [-0.2, 0) is 5.41 Å². The lowest BCUT2D eigenvalue weighted by molar-refractivity contribution is 0.104. The lowest BCUT2D eigenvalue weighted by Gasteiger charge is -2.22. The molecule has 0 N–H and O–H groups in total. The van der Waals surface area contributed by atoms with Crippen molar-refractivity contribution in [3.05, 3.63) is 106 Å². The summed E-state index contributed by atoms with van der Waals surface area (Å²) in [5, 5.41) is 0.763. The largest absolute Gasteiger partial charge is 0.289 e. The smallest absolute Gasteiger partial charge is 0.194 e. The van der Waals surface area contributed by atoms with Gasteiger partial charge >= 0.3 is 0 Å². The molecule has 4 aromatic rings. The van der Waals surface area contributed by atoms with Crippen LogP contribution in [0.25, 0.3) is 33.4 Å². The molecular weight excluding hydrogens is 388 g/mol. The second-order valence-electron chi connectivity index (χ2n) is 8.68. The van der Waals surface area contributed by atoms with E-state index in [1.54, 1.807) is 0 Å². The molecule has 2 aliphatic carbocycles. The van der Waals surface area contributed by atoms with Gasteiger partial charge in [-0.05, 0) is 62.7 Å². The normalized spacial score (nSPS) is 14.8. The minimum absolute atomic E-state index is 0.117. The van der Waals surface area contributed by atoms with Gasteiger partial charge in [-0.25, -0.2) is 0 Å². The Morgan fingerprint density at radius 1 is 0.633 bits per heavy atom. The summed E-state index contributed by atoms with van der Waals surface area (Å²) in [5.74, 6) is 0.117. The number of ketones is 1. The van der Waals surface area contributed by atoms with E-state index in [9.17, 15) is 4.79 Å². The first-order valence-corrected chi connectivity index (χ1v) is 10.6. The molecule has 0 aliphatic heterocycles. The Hall–Kier alpha value is -3.16. The molecule has 0 fully saturated rings. The number of fused-ring (bicyclic) bond motifs is 6. The second-order valence-corrected chi connectivity index (χ2v) is 9.11. The van der Waals surface area contributed by atoms with Crippen LogP contribution in [0.1, 0.15) is 40.9 Å². The topological polar surface area (TPSA) is 17.1 Å². The molecule has 0 amide bonds. The lowest BCUT2D eigenvalue weighted by Crippen LogP contribution is -2.15. The van der Waals surface area contributed by atoms with Crippen LogP contribution < -0.4 is 0 Å². The van der Waals surface area contributed by atoms with Gasteiger partial charge < -0.3 is 0 Å². The molecule has 1 nitrogen and oxygen atoms in total. The molecule has 30 heavy (non-hydrogen) atoms. The van der Waals surface area contributed by atoms with Crippen LogP contribution >= 0.6 is 11.6 Å². The Labute approximate surface area is 181 Å². The van der Waals surface area contributed by atoms with Gasteiger partial charge in [0.15, 0.2) is 5.78 Å². The summed E-state index contributed by atoms with van der Waals surface area (Å²) in [6, 6.07) is 26.8. The van der Waals surface area contributed by atoms with Crippen LogP contribution in [0.3, 0.4) is 0 Å². The quantitative estimate of drug-likeness (QED) is 0.281. The number of rotatable bonds is 1. The molecule has 0 saturated heterocycles. The van der Waals surface area contributed by atoms with Gasteiger partial charge in [0.05, 0.1) is 0 Å². The molecule has 0 saturated carbocycles. The van der Waals surface area contributed by atoms with Crippen LogP contribution in [0.2, 0.25) is 5.02 Å². The summed E-state index contributed by atoms with van der Waals surface area (Å²) in [6.45, 7) is 4.49. The molecule has 2 heteroatoms. The van der Waals surface area contributed by atoms with Crippen molar-refractivity contribution in [2.75, 3.05) is 0 Å². The fourth-order valence-corrected chi connectivity index (χ4v) is 5.36. The molecule has 2 aliphatic rings. The Bertz CT molecular complexity index is 1390. The van der Waals surface area contributed by atoms with Gasteiger partial charge in [-0.2, -0.15) is 0 Å². The highest BCUT2D eigenvalue weighted by Gasteiger charge is 2.36. The van der Waals surface area contributed by atoms with E-state index in [1.807, 2.05) is 30.3 Å². The molecule has 0 spiro atoms. The standard InChI is InChI=1S/C28H19ClO/c1-28(2)24-14-16(10-12-20(24)21-13-11-17(29)15-25(21)28)18-8-5-9-22-19-6-3-4-7-23(19)27(30)26(18)22/h3-15H,1-2H3. The predicted molar refractivity (Wildman–Crippen MR) is 123 cm³/mol. The first-order chi connectivity index (χ1) is 14.5. The van der Waals surface area contributed by atoms with Crippen LogP contribution in [0.15, 0.2) is 78.9 Å². The Morgan fingerprint density at radius 3 is 2.07 bits per heavy atom. The average molecular weight is 407 g/mol. The zero-order valence-corrected chi connectivity index (χ0v) is 17.5. The van der Waals surface area contributed by atoms with Gasteiger partial charge in [-0.15, -0.1) is 0 Å². The number of hydrogen-bond donors (Lipinski definition) is 0. The van der Waals surface area contributed by atoms with Crippen molar-refractivity contribution in [2.45, 2.75) is 19.3 Å². The van der Waals surface area contributed by atoms with E-state index >= 15 is 0 Å². The lowest BCUT2D eigenvalue weighted by atomic mass is 9.81. The third-order valence-electron chi connectivity index (χ3n) is 6.70. The predicted octanol–water partition coefficient (Wildman–Crippen LogP) is 7.52. The van der Waals surface area contributed by atoms with Crippen LogP contribution in [0.4, 0.5) is 0 Å². The molecular formula is C28H19ClO. The van der Waals surface area contributed by atoms with Gasteiger partial charge in [-0.1, -0.05) is 86.1 Å². The summed E-state index contributed by atoms with van der Waals surface area (Å²) < 4.78 is 0. The Kier molecular flexibility index (Phi) is 3.50. The zero-order valence-electron chi connectivity index (χ0n) is 16.8. The van der Waals surface area contributed by atoms with E-state index in [0.29, 0.717) is 0 Å². The molecule has 0 aromatic heterocycles. The van der Waals surface area contributed by atoms with Crippen LogP contribution in [-0.4, -0.2) is 5.78 Å². The highest BCUT2D eigenvalue weighted by Crippen LogP contribution is 2.51. The van der Waals surface area contributed by atoms with Crippen molar-refractivity contribution in [2.24, 2.45) is 0 Å². The van der Waals surface area contributed by atoms with Crippen molar-refractivity contribution in [1.82, 2.24) is 0 Å².